The molecule has 0 spiro atoms. The maximum atomic E-state index is 8.64. The Labute approximate surface area is 74.3 Å². The average Bonchev–Trinajstić information content (AvgIpc) is 2.11. The first-order chi connectivity index (χ1) is 5.76. The van der Waals surface area contributed by atoms with E-state index in [1.807, 2.05) is 18.9 Å². The number of hydrogen-bond acceptors (Lipinski definition) is 4. The van der Waals surface area contributed by atoms with Crippen LogP contribution in [0.15, 0.2) is 0 Å². The summed E-state index contributed by atoms with van der Waals surface area (Å²) in [5.74, 6) is 0. The highest BCUT2D eigenvalue weighted by Gasteiger charge is 2.08. The molecule has 0 aliphatic rings. The molecule has 12 heavy (non-hydrogen) atoms. The summed E-state index contributed by atoms with van der Waals surface area (Å²) in [5, 5.41) is 10.5. The van der Waals surface area contributed by atoms with E-state index in [2.05, 4.69) is 11.5 Å². The van der Waals surface area contributed by atoms with Crippen LogP contribution in [0.4, 0.5) is 0 Å². The van der Waals surface area contributed by atoms with Crippen LogP contribution in [0.25, 0.3) is 0 Å². The largest absolute Gasteiger partial charge is 0.330 e. The SMILES string of the molecule is CCN(NCCCN)C(C)C#N. The fourth-order valence-corrected chi connectivity index (χ4v) is 0.917. The van der Waals surface area contributed by atoms with Gasteiger partial charge in [0, 0.05) is 13.1 Å². The van der Waals surface area contributed by atoms with Gasteiger partial charge in [-0.2, -0.15) is 5.26 Å². The van der Waals surface area contributed by atoms with E-state index in [9.17, 15) is 0 Å². The fraction of sp³-hybridized carbons (Fsp3) is 0.875. The van der Waals surface area contributed by atoms with Crippen molar-refractivity contribution in [3.8, 4) is 6.07 Å². The van der Waals surface area contributed by atoms with Crippen LogP contribution in [0.2, 0.25) is 0 Å². The molecular weight excluding hydrogens is 152 g/mol. The summed E-state index contributed by atoms with van der Waals surface area (Å²) >= 11 is 0. The molecule has 1 unspecified atom stereocenters. The first kappa shape index (κ1) is 11.4. The van der Waals surface area contributed by atoms with Crippen LogP contribution < -0.4 is 11.2 Å². The predicted molar refractivity (Wildman–Crippen MR) is 49.1 cm³/mol. The maximum Gasteiger partial charge on any atom is 0.108 e. The van der Waals surface area contributed by atoms with Crippen LogP contribution in [0.3, 0.4) is 0 Å². The molecule has 0 rings (SSSR count). The van der Waals surface area contributed by atoms with Gasteiger partial charge in [0.15, 0.2) is 0 Å². The second-order valence-electron chi connectivity index (χ2n) is 2.64. The van der Waals surface area contributed by atoms with Gasteiger partial charge in [-0.05, 0) is 19.9 Å². The normalized spacial score (nSPS) is 12.9. The number of nitriles is 1. The van der Waals surface area contributed by atoms with E-state index in [-0.39, 0.29) is 6.04 Å². The van der Waals surface area contributed by atoms with E-state index in [0.717, 1.165) is 19.5 Å². The Hall–Kier alpha value is -0.630. The Morgan fingerprint density at radius 2 is 2.33 bits per heavy atom. The minimum atomic E-state index is -0.0761. The monoisotopic (exact) mass is 170 g/mol. The molecule has 70 valence electrons. The Balaban J connectivity index is 3.61. The van der Waals surface area contributed by atoms with Crippen LogP contribution in [-0.4, -0.2) is 30.7 Å². The van der Waals surface area contributed by atoms with E-state index in [1.165, 1.54) is 0 Å². The zero-order valence-electron chi connectivity index (χ0n) is 7.88. The first-order valence-corrected chi connectivity index (χ1v) is 4.36. The molecule has 0 fully saturated rings. The predicted octanol–water partition coefficient (Wildman–Crippen LogP) is 0.0738. The van der Waals surface area contributed by atoms with Gasteiger partial charge in [-0.25, -0.2) is 5.01 Å². The van der Waals surface area contributed by atoms with E-state index in [0.29, 0.717) is 6.54 Å². The lowest BCUT2D eigenvalue weighted by Crippen LogP contribution is -2.44. The lowest BCUT2D eigenvalue weighted by atomic mass is 10.3. The molecule has 0 saturated heterocycles. The van der Waals surface area contributed by atoms with Crippen molar-refractivity contribution in [2.45, 2.75) is 26.3 Å². The number of nitrogens with zero attached hydrogens (tertiary/aromatic N) is 2. The van der Waals surface area contributed by atoms with Crippen molar-refractivity contribution in [1.29, 1.82) is 5.26 Å². The standard InChI is InChI=1S/C8H18N4/c1-3-12(8(2)7-10)11-6-4-5-9/h8,11H,3-6,9H2,1-2H3. The number of hydrazine groups is 1. The molecule has 3 N–H and O–H groups in total. The van der Waals surface area contributed by atoms with Crippen molar-refractivity contribution in [3.05, 3.63) is 0 Å². The highest BCUT2D eigenvalue weighted by molar-refractivity contribution is 4.85. The highest BCUT2D eigenvalue weighted by Crippen LogP contribution is 1.91. The minimum Gasteiger partial charge on any atom is -0.330 e. The third kappa shape index (κ3) is 4.29. The molecule has 4 heteroatoms. The van der Waals surface area contributed by atoms with E-state index in [4.69, 9.17) is 11.0 Å². The summed E-state index contributed by atoms with van der Waals surface area (Å²) in [7, 11) is 0. The van der Waals surface area contributed by atoms with Gasteiger partial charge in [0.1, 0.15) is 6.04 Å². The smallest absolute Gasteiger partial charge is 0.108 e. The molecular formula is C8H18N4. The van der Waals surface area contributed by atoms with Crippen molar-refractivity contribution in [3.63, 3.8) is 0 Å². The van der Waals surface area contributed by atoms with Gasteiger partial charge in [0.2, 0.25) is 0 Å². The van der Waals surface area contributed by atoms with Crippen LogP contribution >= 0.6 is 0 Å². The van der Waals surface area contributed by atoms with Gasteiger partial charge >= 0.3 is 0 Å². The second kappa shape index (κ2) is 7.04. The lowest BCUT2D eigenvalue weighted by molar-refractivity contribution is 0.172. The first-order valence-electron chi connectivity index (χ1n) is 4.36. The summed E-state index contributed by atoms with van der Waals surface area (Å²) in [5.41, 5.74) is 8.49. The van der Waals surface area contributed by atoms with Gasteiger partial charge in [0.05, 0.1) is 6.07 Å². The van der Waals surface area contributed by atoms with Gasteiger partial charge in [-0.15, -0.1) is 0 Å². The second-order valence-corrected chi connectivity index (χ2v) is 2.64. The molecule has 4 nitrogen and oxygen atoms in total. The summed E-state index contributed by atoms with van der Waals surface area (Å²) in [6.07, 6.45) is 0.939. The molecule has 0 aromatic heterocycles. The molecule has 0 aliphatic heterocycles. The lowest BCUT2D eigenvalue weighted by Gasteiger charge is -2.23. The third-order valence-electron chi connectivity index (χ3n) is 1.69. The maximum absolute atomic E-state index is 8.64. The highest BCUT2D eigenvalue weighted by atomic mass is 15.5. The number of nitrogens with one attached hydrogen (secondary N) is 1. The summed E-state index contributed by atoms with van der Waals surface area (Å²) in [6, 6.07) is 2.10. The van der Waals surface area contributed by atoms with Crippen molar-refractivity contribution in [2.24, 2.45) is 5.73 Å². The zero-order chi connectivity index (χ0) is 9.40. The molecule has 0 saturated carbocycles. The summed E-state index contributed by atoms with van der Waals surface area (Å²) in [4.78, 5) is 0. The van der Waals surface area contributed by atoms with Gasteiger partial charge in [0.25, 0.3) is 0 Å². The van der Waals surface area contributed by atoms with Gasteiger partial charge in [-0.3, -0.25) is 5.43 Å². The third-order valence-corrected chi connectivity index (χ3v) is 1.69. The summed E-state index contributed by atoms with van der Waals surface area (Å²) in [6.45, 7) is 6.25. The van der Waals surface area contributed by atoms with E-state index >= 15 is 0 Å². The molecule has 0 amide bonds. The molecule has 0 aromatic carbocycles. The van der Waals surface area contributed by atoms with Crippen LogP contribution in [0, 0.1) is 11.3 Å². The van der Waals surface area contributed by atoms with E-state index < -0.39 is 0 Å². The fourth-order valence-electron chi connectivity index (χ4n) is 0.917. The topological polar surface area (TPSA) is 65.1 Å². The van der Waals surface area contributed by atoms with Gasteiger partial charge < -0.3 is 5.73 Å². The molecule has 0 heterocycles. The minimum absolute atomic E-state index is 0.0761. The number of nitrogens with two attached hydrogens (primary N) is 1. The van der Waals surface area contributed by atoms with Crippen molar-refractivity contribution in [1.82, 2.24) is 10.4 Å². The Morgan fingerprint density at radius 1 is 1.67 bits per heavy atom. The van der Waals surface area contributed by atoms with Crippen LogP contribution in [0.1, 0.15) is 20.3 Å². The summed E-state index contributed by atoms with van der Waals surface area (Å²) < 4.78 is 0. The average molecular weight is 170 g/mol. The molecule has 0 aliphatic carbocycles. The van der Waals surface area contributed by atoms with Crippen LogP contribution in [-0.2, 0) is 0 Å². The van der Waals surface area contributed by atoms with E-state index in [1.54, 1.807) is 0 Å². The Kier molecular flexibility index (Phi) is 6.67. The number of rotatable bonds is 6. The van der Waals surface area contributed by atoms with Crippen LogP contribution in [0.5, 0.6) is 0 Å². The molecule has 0 radical (unpaired) electrons. The zero-order valence-corrected chi connectivity index (χ0v) is 7.88. The quantitative estimate of drug-likeness (QED) is 0.437. The van der Waals surface area contributed by atoms with Crippen molar-refractivity contribution >= 4 is 0 Å². The van der Waals surface area contributed by atoms with Gasteiger partial charge in [-0.1, -0.05) is 6.92 Å². The van der Waals surface area contributed by atoms with Crippen molar-refractivity contribution < 1.29 is 0 Å². The Morgan fingerprint density at radius 3 is 2.75 bits per heavy atom. The molecule has 0 aromatic rings. The van der Waals surface area contributed by atoms with Crippen molar-refractivity contribution in [2.75, 3.05) is 19.6 Å². The molecule has 0 bridgehead atoms. The number of hydrogen-bond donors (Lipinski definition) is 2. The Bertz CT molecular complexity index is 140. The molecule has 1 atom stereocenters.